The van der Waals surface area contributed by atoms with Crippen LogP contribution in [0.3, 0.4) is 0 Å². The lowest BCUT2D eigenvalue weighted by atomic mass is 10.2. The molecule has 2 N–H and O–H groups in total. The van der Waals surface area contributed by atoms with Crippen LogP contribution in [-0.2, 0) is 4.79 Å². The molecule has 0 radical (unpaired) electrons. The minimum Gasteiger partial charge on any atom is -0.341 e. The van der Waals surface area contributed by atoms with Gasteiger partial charge in [-0.25, -0.2) is 4.79 Å². The number of rotatable bonds is 3. The fourth-order valence-corrected chi connectivity index (χ4v) is 2.14. The summed E-state index contributed by atoms with van der Waals surface area (Å²) in [5, 5.41) is 4.55. The Labute approximate surface area is 105 Å². The number of amides is 3. The topological polar surface area (TPSA) is 58.2 Å². The van der Waals surface area contributed by atoms with Crippen LogP contribution in [0.15, 0.2) is 23.1 Å². The second-order valence-corrected chi connectivity index (χ2v) is 4.70. The number of urea groups is 1. The molecule has 1 aromatic rings. The van der Waals surface area contributed by atoms with Crippen LogP contribution >= 0.6 is 11.8 Å². The van der Waals surface area contributed by atoms with E-state index >= 15 is 0 Å². The van der Waals surface area contributed by atoms with Gasteiger partial charge in [0.15, 0.2) is 0 Å². The summed E-state index contributed by atoms with van der Waals surface area (Å²) in [7, 11) is 1.47. The number of hydrogen-bond donors (Lipinski definition) is 2. The minimum atomic E-state index is -0.476. The van der Waals surface area contributed by atoms with E-state index < -0.39 is 6.03 Å². The third kappa shape index (κ3) is 4.48. The number of carbonyl (C=O) groups excluding carboxylic acids is 2. The van der Waals surface area contributed by atoms with Gasteiger partial charge in [-0.2, -0.15) is 0 Å². The summed E-state index contributed by atoms with van der Waals surface area (Å²) in [4.78, 5) is 23.3. The average molecular weight is 252 g/mol. The van der Waals surface area contributed by atoms with Crippen molar-refractivity contribution < 1.29 is 9.59 Å². The molecule has 92 valence electrons. The van der Waals surface area contributed by atoms with E-state index in [0.717, 1.165) is 10.5 Å². The van der Waals surface area contributed by atoms with Gasteiger partial charge in [-0.1, -0.05) is 17.7 Å². The van der Waals surface area contributed by atoms with E-state index in [1.165, 1.54) is 24.4 Å². The maximum absolute atomic E-state index is 11.4. The van der Waals surface area contributed by atoms with Crippen molar-refractivity contribution in [3.63, 3.8) is 0 Å². The molecule has 4 nitrogen and oxygen atoms in total. The highest BCUT2D eigenvalue weighted by atomic mass is 32.2. The van der Waals surface area contributed by atoms with Crippen molar-refractivity contribution in [3.8, 4) is 0 Å². The van der Waals surface area contributed by atoms with Crippen molar-refractivity contribution in [1.82, 2.24) is 10.6 Å². The second-order valence-electron chi connectivity index (χ2n) is 3.68. The molecular formula is C12H16N2O2S. The first-order valence-electron chi connectivity index (χ1n) is 5.24. The van der Waals surface area contributed by atoms with Gasteiger partial charge in [0, 0.05) is 11.9 Å². The average Bonchev–Trinajstić information content (AvgIpc) is 2.27. The normalized spacial score (nSPS) is 9.82. The number of benzene rings is 1. The van der Waals surface area contributed by atoms with Gasteiger partial charge in [0.05, 0.1) is 5.75 Å². The van der Waals surface area contributed by atoms with Crippen LogP contribution in [0.4, 0.5) is 4.79 Å². The molecule has 0 unspecified atom stereocenters. The highest BCUT2D eigenvalue weighted by molar-refractivity contribution is 8.00. The third-order valence-corrected chi connectivity index (χ3v) is 3.34. The Morgan fingerprint density at radius 2 is 2.00 bits per heavy atom. The van der Waals surface area contributed by atoms with Crippen LogP contribution in [0, 0.1) is 13.8 Å². The summed E-state index contributed by atoms with van der Waals surface area (Å²) in [6.45, 7) is 4.03. The standard InChI is InChI=1S/C12H16N2O2S/c1-8-4-5-10(9(2)6-8)17-7-11(15)14-12(16)13-3/h4-6H,7H2,1-3H3,(H2,13,14,15,16). The molecule has 3 amide bonds. The molecule has 0 aliphatic carbocycles. The number of aryl methyl sites for hydroxylation is 2. The molecule has 0 aliphatic heterocycles. The van der Waals surface area contributed by atoms with Crippen molar-refractivity contribution >= 4 is 23.7 Å². The largest absolute Gasteiger partial charge is 0.341 e. The van der Waals surface area contributed by atoms with Gasteiger partial charge in [0.1, 0.15) is 0 Å². The van der Waals surface area contributed by atoms with E-state index in [2.05, 4.69) is 16.7 Å². The van der Waals surface area contributed by atoms with Crippen LogP contribution in [0.5, 0.6) is 0 Å². The molecule has 0 bridgehead atoms. The number of carbonyl (C=O) groups is 2. The first-order chi connectivity index (χ1) is 8.02. The summed E-state index contributed by atoms with van der Waals surface area (Å²) < 4.78 is 0. The summed E-state index contributed by atoms with van der Waals surface area (Å²) >= 11 is 1.42. The summed E-state index contributed by atoms with van der Waals surface area (Å²) in [5.41, 5.74) is 2.34. The van der Waals surface area contributed by atoms with Crippen molar-refractivity contribution in [2.75, 3.05) is 12.8 Å². The van der Waals surface area contributed by atoms with Crippen LogP contribution in [0.2, 0.25) is 0 Å². The van der Waals surface area contributed by atoms with Crippen molar-refractivity contribution in [1.29, 1.82) is 0 Å². The zero-order chi connectivity index (χ0) is 12.8. The quantitative estimate of drug-likeness (QED) is 0.807. The summed E-state index contributed by atoms with van der Waals surface area (Å²) in [6.07, 6.45) is 0. The highest BCUT2D eigenvalue weighted by Gasteiger charge is 2.07. The Kier molecular flexibility index (Phi) is 5.03. The predicted molar refractivity (Wildman–Crippen MR) is 69.2 cm³/mol. The van der Waals surface area contributed by atoms with Gasteiger partial charge < -0.3 is 5.32 Å². The van der Waals surface area contributed by atoms with Gasteiger partial charge in [-0.3, -0.25) is 10.1 Å². The number of hydrogen-bond acceptors (Lipinski definition) is 3. The van der Waals surface area contributed by atoms with Crippen LogP contribution < -0.4 is 10.6 Å². The van der Waals surface area contributed by atoms with Crippen LogP contribution in [0.1, 0.15) is 11.1 Å². The van der Waals surface area contributed by atoms with Crippen molar-refractivity contribution in [2.45, 2.75) is 18.7 Å². The van der Waals surface area contributed by atoms with E-state index in [0.29, 0.717) is 0 Å². The van der Waals surface area contributed by atoms with Gasteiger partial charge in [-0.05, 0) is 25.5 Å². The molecule has 0 saturated carbocycles. The molecule has 0 spiro atoms. The lowest BCUT2D eigenvalue weighted by Crippen LogP contribution is -2.38. The molecule has 1 rings (SSSR count). The Balaban J connectivity index is 2.50. The molecule has 0 atom stereocenters. The maximum atomic E-state index is 11.4. The van der Waals surface area contributed by atoms with E-state index in [-0.39, 0.29) is 11.7 Å². The summed E-state index contributed by atoms with van der Waals surface area (Å²) in [6, 6.07) is 5.59. The Bertz CT molecular complexity index is 433. The smallest absolute Gasteiger partial charge is 0.321 e. The first-order valence-corrected chi connectivity index (χ1v) is 6.23. The van der Waals surface area contributed by atoms with Crippen molar-refractivity contribution in [3.05, 3.63) is 29.3 Å². The lowest BCUT2D eigenvalue weighted by Gasteiger charge is -2.06. The van der Waals surface area contributed by atoms with E-state index in [1.807, 2.05) is 26.0 Å². The summed E-state index contributed by atoms with van der Waals surface area (Å²) in [5.74, 6) is -0.0635. The first kappa shape index (κ1) is 13.6. The molecule has 0 fully saturated rings. The molecule has 17 heavy (non-hydrogen) atoms. The molecule has 1 aromatic carbocycles. The molecule has 0 saturated heterocycles. The molecule has 0 heterocycles. The van der Waals surface area contributed by atoms with E-state index in [4.69, 9.17) is 0 Å². The lowest BCUT2D eigenvalue weighted by molar-refractivity contribution is -0.117. The SMILES string of the molecule is CNC(=O)NC(=O)CSc1ccc(C)cc1C. The van der Waals surface area contributed by atoms with Gasteiger partial charge in [-0.15, -0.1) is 11.8 Å². The molecule has 0 aliphatic rings. The monoisotopic (exact) mass is 252 g/mol. The molecular weight excluding hydrogens is 236 g/mol. The Morgan fingerprint density at radius 3 is 2.59 bits per heavy atom. The van der Waals surface area contributed by atoms with Crippen LogP contribution in [0.25, 0.3) is 0 Å². The zero-order valence-corrected chi connectivity index (χ0v) is 11.0. The fraction of sp³-hybridized carbons (Fsp3) is 0.333. The minimum absolute atomic E-state index is 0.233. The molecule has 5 heteroatoms. The molecule has 0 aromatic heterocycles. The maximum Gasteiger partial charge on any atom is 0.321 e. The van der Waals surface area contributed by atoms with Gasteiger partial charge >= 0.3 is 6.03 Å². The van der Waals surface area contributed by atoms with E-state index in [9.17, 15) is 9.59 Å². The van der Waals surface area contributed by atoms with Gasteiger partial charge in [0.25, 0.3) is 0 Å². The third-order valence-electron chi connectivity index (χ3n) is 2.17. The van der Waals surface area contributed by atoms with Crippen molar-refractivity contribution in [2.24, 2.45) is 0 Å². The number of nitrogens with one attached hydrogen (secondary N) is 2. The van der Waals surface area contributed by atoms with Crippen LogP contribution in [-0.4, -0.2) is 24.7 Å². The van der Waals surface area contributed by atoms with Gasteiger partial charge in [0.2, 0.25) is 5.91 Å². The number of imide groups is 1. The second kappa shape index (κ2) is 6.30. The Morgan fingerprint density at radius 1 is 1.29 bits per heavy atom. The number of thioether (sulfide) groups is 1. The highest BCUT2D eigenvalue weighted by Crippen LogP contribution is 2.22. The zero-order valence-electron chi connectivity index (χ0n) is 10.2. The van der Waals surface area contributed by atoms with E-state index in [1.54, 1.807) is 0 Å². The predicted octanol–water partition coefficient (Wildman–Crippen LogP) is 1.85. The Hall–Kier alpha value is -1.49. The fourth-order valence-electron chi connectivity index (χ4n) is 1.33.